The number of benzene rings is 1. The fourth-order valence-corrected chi connectivity index (χ4v) is 3.49. The number of nitrogens with one attached hydrogen (secondary N) is 2. The molecule has 0 amide bonds. The normalized spacial score (nSPS) is 13.3. The number of halogens is 1. The maximum Gasteiger partial charge on any atom is 0.231 e. The second-order valence-corrected chi connectivity index (χ2v) is 6.77. The topological polar surface area (TPSA) is 67.8 Å². The van der Waals surface area contributed by atoms with Crippen LogP contribution < -0.4 is 20.1 Å². The summed E-state index contributed by atoms with van der Waals surface area (Å²) in [4.78, 5) is 8.65. The Balaban J connectivity index is 1.57. The predicted molar refractivity (Wildman–Crippen MR) is 94.2 cm³/mol. The van der Waals surface area contributed by atoms with Crippen molar-refractivity contribution in [1.82, 2.24) is 15.6 Å². The van der Waals surface area contributed by atoms with E-state index in [9.17, 15) is 0 Å². The zero-order valence-electron chi connectivity index (χ0n) is 12.9. The van der Waals surface area contributed by atoms with Crippen molar-refractivity contribution in [2.45, 2.75) is 20.0 Å². The Kier molecular flexibility index (Phi) is 5.02. The third kappa shape index (κ3) is 3.94. The Bertz CT molecular complexity index is 732. The molecule has 1 aromatic heterocycles. The van der Waals surface area contributed by atoms with Gasteiger partial charge in [-0.05, 0) is 40.5 Å². The number of nitrogens with zero attached hydrogens (tertiary/aromatic N) is 2. The zero-order chi connectivity index (χ0) is 16.2. The molecular formula is C15H17BrN4O2S. The first-order valence-electron chi connectivity index (χ1n) is 7.09. The van der Waals surface area contributed by atoms with Crippen LogP contribution in [0.1, 0.15) is 16.3 Å². The fourth-order valence-electron chi connectivity index (χ4n) is 2.17. The van der Waals surface area contributed by atoms with Crippen LogP contribution in [0.15, 0.2) is 27.0 Å². The lowest BCUT2D eigenvalue weighted by atomic mass is 10.2. The van der Waals surface area contributed by atoms with Gasteiger partial charge in [0.25, 0.3) is 0 Å². The van der Waals surface area contributed by atoms with Gasteiger partial charge < -0.3 is 20.1 Å². The fraction of sp³-hybridized carbons (Fsp3) is 0.333. The molecule has 0 atom stereocenters. The van der Waals surface area contributed by atoms with Gasteiger partial charge in [0.1, 0.15) is 5.01 Å². The van der Waals surface area contributed by atoms with Crippen LogP contribution >= 0.6 is 27.3 Å². The number of aromatic nitrogens is 1. The standard InChI is InChI=1S/C15H17BrN4O2S/c1-9-7-23-13(20-9)6-19-15(17-2)18-5-10-3-11(16)14-12(4-10)21-8-22-14/h3-4,7H,5-6,8H2,1-2H3,(H2,17,18,19). The van der Waals surface area contributed by atoms with Crippen LogP contribution in [-0.2, 0) is 13.1 Å². The Labute approximate surface area is 147 Å². The van der Waals surface area contributed by atoms with Crippen molar-refractivity contribution in [2.75, 3.05) is 13.8 Å². The number of ether oxygens (including phenoxy) is 2. The minimum Gasteiger partial charge on any atom is -0.454 e. The highest BCUT2D eigenvalue weighted by Gasteiger charge is 2.17. The van der Waals surface area contributed by atoms with Gasteiger partial charge in [-0.3, -0.25) is 4.99 Å². The molecule has 122 valence electrons. The molecule has 0 radical (unpaired) electrons. The van der Waals surface area contributed by atoms with E-state index >= 15 is 0 Å². The third-order valence-electron chi connectivity index (χ3n) is 3.24. The maximum absolute atomic E-state index is 5.43. The van der Waals surface area contributed by atoms with Crippen molar-refractivity contribution >= 4 is 33.2 Å². The Morgan fingerprint density at radius 3 is 2.91 bits per heavy atom. The zero-order valence-corrected chi connectivity index (χ0v) is 15.3. The van der Waals surface area contributed by atoms with E-state index in [1.165, 1.54) is 0 Å². The molecule has 6 nitrogen and oxygen atoms in total. The number of aliphatic imine (C=N–C) groups is 1. The summed E-state index contributed by atoms with van der Waals surface area (Å²) >= 11 is 5.14. The highest BCUT2D eigenvalue weighted by atomic mass is 79.9. The molecule has 3 rings (SSSR count). The van der Waals surface area contributed by atoms with Crippen molar-refractivity contribution in [3.05, 3.63) is 38.3 Å². The van der Waals surface area contributed by atoms with Crippen molar-refractivity contribution < 1.29 is 9.47 Å². The number of fused-ring (bicyclic) bond motifs is 1. The molecule has 1 aliphatic heterocycles. The molecule has 0 aliphatic carbocycles. The summed E-state index contributed by atoms with van der Waals surface area (Å²) in [7, 11) is 1.75. The molecule has 0 saturated heterocycles. The number of aryl methyl sites for hydroxylation is 1. The molecule has 0 spiro atoms. The molecule has 2 heterocycles. The first-order chi connectivity index (χ1) is 11.2. The largest absolute Gasteiger partial charge is 0.454 e. The summed E-state index contributed by atoms with van der Waals surface area (Å²) in [6.07, 6.45) is 0. The van der Waals surface area contributed by atoms with Crippen molar-refractivity contribution in [1.29, 1.82) is 0 Å². The number of guanidine groups is 1. The molecule has 23 heavy (non-hydrogen) atoms. The van der Waals surface area contributed by atoms with Gasteiger partial charge in [-0.2, -0.15) is 0 Å². The van der Waals surface area contributed by atoms with Gasteiger partial charge in [0.15, 0.2) is 17.5 Å². The molecule has 2 N–H and O–H groups in total. The minimum atomic E-state index is 0.265. The van der Waals surface area contributed by atoms with Gasteiger partial charge in [-0.1, -0.05) is 0 Å². The van der Waals surface area contributed by atoms with Crippen LogP contribution in [0.5, 0.6) is 11.5 Å². The summed E-state index contributed by atoms with van der Waals surface area (Å²) < 4.78 is 11.7. The summed E-state index contributed by atoms with van der Waals surface area (Å²) in [5.74, 6) is 2.25. The molecule has 0 bridgehead atoms. The molecule has 1 aromatic carbocycles. The van der Waals surface area contributed by atoms with Crippen molar-refractivity contribution in [3.63, 3.8) is 0 Å². The van der Waals surface area contributed by atoms with E-state index < -0.39 is 0 Å². The molecule has 0 unspecified atom stereocenters. The predicted octanol–water partition coefficient (Wildman–Crippen LogP) is 2.81. The van der Waals surface area contributed by atoms with E-state index in [2.05, 4.69) is 36.5 Å². The number of rotatable bonds is 4. The number of hydrogen-bond acceptors (Lipinski definition) is 5. The van der Waals surface area contributed by atoms with Crippen LogP contribution in [0.25, 0.3) is 0 Å². The maximum atomic E-state index is 5.43. The Morgan fingerprint density at radius 1 is 1.35 bits per heavy atom. The Hall–Kier alpha value is -1.80. The first-order valence-corrected chi connectivity index (χ1v) is 8.76. The van der Waals surface area contributed by atoms with E-state index in [4.69, 9.17) is 9.47 Å². The van der Waals surface area contributed by atoms with Gasteiger partial charge in [-0.25, -0.2) is 4.98 Å². The second kappa shape index (κ2) is 7.18. The van der Waals surface area contributed by atoms with Gasteiger partial charge >= 0.3 is 0 Å². The van der Waals surface area contributed by atoms with Gasteiger partial charge in [0.05, 0.1) is 11.0 Å². The molecule has 0 saturated carbocycles. The van der Waals surface area contributed by atoms with E-state index in [-0.39, 0.29) is 6.79 Å². The lowest BCUT2D eigenvalue weighted by molar-refractivity contribution is 0.173. The SMILES string of the molecule is CN=C(NCc1cc(Br)c2c(c1)OCO2)NCc1nc(C)cs1. The highest BCUT2D eigenvalue weighted by Crippen LogP contribution is 2.39. The lowest BCUT2D eigenvalue weighted by Gasteiger charge is -2.11. The summed E-state index contributed by atoms with van der Waals surface area (Å²) in [6.45, 7) is 3.54. The van der Waals surface area contributed by atoms with Crippen LogP contribution in [0, 0.1) is 6.92 Å². The van der Waals surface area contributed by atoms with E-state index in [0.29, 0.717) is 13.1 Å². The molecular weight excluding hydrogens is 380 g/mol. The lowest BCUT2D eigenvalue weighted by Crippen LogP contribution is -2.36. The van der Waals surface area contributed by atoms with Crippen LogP contribution in [0.4, 0.5) is 0 Å². The molecule has 8 heteroatoms. The average molecular weight is 397 g/mol. The monoisotopic (exact) mass is 396 g/mol. The van der Waals surface area contributed by atoms with Gasteiger partial charge in [0, 0.05) is 24.7 Å². The van der Waals surface area contributed by atoms with Crippen LogP contribution in [0.3, 0.4) is 0 Å². The minimum absolute atomic E-state index is 0.265. The smallest absolute Gasteiger partial charge is 0.231 e. The average Bonchev–Trinajstić information content (AvgIpc) is 3.16. The van der Waals surface area contributed by atoms with E-state index in [0.717, 1.165) is 38.2 Å². The molecule has 2 aromatic rings. The van der Waals surface area contributed by atoms with Gasteiger partial charge in [0.2, 0.25) is 6.79 Å². The van der Waals surface area contributed by atoms with E-state index in [1.54, 1.807) is 18.4 Å². The quantitative estimate of drug-likeness (QED) is 0.614. The Morgan fingerprint density at radius 2 is 2.17 bits per heavy atom. The van der Waals surface area contributed by atoms with E-state index in [1.807, 2.05) is 24.4 Å². The third-order valence-corrected chi connectivity index (χ3v) is 4.80. The molecule has 1 aliphatic rings. The highest BCUT2D eigenvalue weighted by molar-refractivity contribution is 9.10. The van der Waals surface area contributed by atoms with Crippen molar-refractivity contribution in [3.8, 4) is 11.5 Å². The summed E-state index contributed by atoms with van der Waals surface area (Å²) in [5.41, 5.74) is 2.12. The number of hydrogen-bond donors (Lipinski definition) is 2. The van der Waals surface area contributed by atoms with Crippen molar-refractivity contribution in [2.24, 2.45) is 4.99 Å². The van der Waals surface area contributed by atoms with Gasteiger partial charge in [-0.15, -0.1) is 11.3 Å². The first kappa shape index (κ1) is 16.1. The molecule has 0 fully saturated rings. The summed E-state index contributed by atoms with van der Waals surface area (Å²) in [5, 5.41) is 9.61. The second-order valence-electron chi connectivity index (χ2n) is 4.97. The number of thiazole rings is 1. The van der Waals surface area contributed by atoms with Crippen LogP contribution in [0.2, 0.25) is 0 Å². The summed E-state index contributed by atoms with van der Waals surface area (Å²) in [6, 6.07) is 3.98. The van der Waals surface area contributed by atoms with Crippen LogP contribution in [-0.4, -0.2) is 24.8 Å².